The van der Waals surface area contributed by atoms with E-state index in [9.17, 15) is 4.79 Å². The Morgan fingerprint density at radius 2 is 1.87 bits per heavy atom. The van der Waals surface area contributed by atoms with Crippen molar-refractivity contribution in [1.29, 1.82) is 0 Å². The summed E-state index contributed by atoms with van der Waals surface area (Å²) in [6.45, 7) is 3.84. The van der Waals surface area contributed by atoms with Crippen LogP contribution in [0, 0.1) is 0 Å². The highest BCUT2D eigenvalue weighted by atomic mass is 16.7. The Kier molecular flexibility index (Phi) is 6.02. The van der Waals surface area contributed by atoms with Crippen LogP contribution in [0.15, 0.2) is 30.3 Å². The first kappa shape index (κ1) is 17.8. The van der Waals surface area contributed by atoms with Gasteiger partial charge in [-0.1, -0.05) is 49.6 Å². The molecule has 1 aliphatic carbocycles. The number of rotatable bonds is 6. The summed E-state index contributed by atoms with van der Waals surface area (Å²) in [5, 5.41) is 12.1. The molecule has 2 amide bonds. The zero-order chi connectivity index (χ0) is 16.8. The molecule has 0 unspecified atom stereocenters. The molecule has 0 aromatic heterocycles. The van der Waals surface area contributed by atoms with Crippen molar-refractivity contribution in [3.8, 4) is 0 Å². The summed E-state index contributed by atoms with van der Waals surface area (Å²) in [6, 6.07) is 10.1. The van der Waals surface area contributed by atoms with Gasteiger partial charge in [-0.3, -0.25) is 4.84 Å². The van der Waals surface area contributed by atoms with Crippen molar-refractivity contribution in [3.63, 3.8) is 0 Å². The van der Waals surface area contributed by atoms with Crippen molar-refractivity contribution >= 4 is 6.03 Å². The highest BCUT2D eigenvalue weighted by Crippen LogP contribution is 2.38. The van der Waals surface area contributed by atoms with Gasteiger partial charge in [0.25, 0.3) is 0 Å². The second-order valence-corrected chi connectivity index (χ2v) is 7.01. The third-order valence-electron chi connectivity index (χ3n) is 4.58. The highest BCUT2D eigenvalue weighted by molar-refractivity contribution is 5.72. The first-order valence-corrected chi connectivity index (χ1v) is 8.36. The van der Waals surface area contributed by atoms with Crippen LogP contribution in [0.3, 0.4) is 0 Å². The molecule has 1 fully saturated rings. The Hall–Kier alpha value is -1.59. The summed E-state index contributed by atoms with van der Waals surface area (Å²) >= 11 is 0. The molecule has 1 aromatic rings. The number of hydrogen-bond donors (Lipinski definition) is 3. The Bertz CT molecular complexity index is 496. The molecular formula is C18H28N2O3. The average Bonchev–Trinajstić information content (AvgIpc) is 2.60. The monoisotopic (exact) mass is 320 g/mol. The number of carbonyl (C=O) groups is 1. The van der Waals surface area contributed by atoms with E-state index in [1.165, 1.54) is 24.8 Å². The molecule has 1 aliphatic rings. The minimum Gasteiger partial charge on any atom is -0.393 e. The van der Waals surface area contributed by atoms with E-state index in [0.29, 0.717) is 6.54 Å². The van der Waals surface area contributed by atoms with Gasteiger partial charge < -0.3 is 10.4 Å². The summed E-state index contributed by atoms with van der Waals surface area (Å²) < 4.78 is 0. The van der Waals surface area contributed by atoms with Crippen molar-refractivity contribution in [2.24, 2.45) is 0 Å². The molecule has 23 heavy (non-hydrogen) atoms. The van der Waals surface area contributed by atoms with Crippen LogP contribution >= 0.6 is 0 Å². The summed E-state index contributed by atoms with van der Waals surface area (Å²) in [7, 11) is 0. The van der Waals surface area contributed by atoms with Crippen LogP contribution in [0.1, 0.15) is 51.5 Å². The standard InChI is InChI=1S/C18H28N2O3/c1-17(2,14-21)23-20-16(22)19-13-18(11-7-4-8-12-18)15-9-5-3-6-10-15/h3,5-6,9-10,21H,4,7-8,11-14H2,1-2H3,(H2,19,20,22). The zero-order valence-electron chi connectivity index (χ0n) is 14.1. The van der Waals surface area contributed by atoms with Crippen LogP contribution < -0.4 is 10.8 Å². The van der Waals surface area contributed by atoms with E-state index in [-0.39, 0.29) is 18.1 Å². The second kappa shape index (κ2) is 7.79. The molecule has 0 bridgehead atoms. The van der Waals surface area contributed by atoms with E-state index < -0.39 is 5.60 Å². The Morgan fingerprint density at radius 3 is 2.48 bits per heavy atom. The van der Waals surface area contributed by atoms with Gasteiger partial charge >= 0.3 is 6.03 Å². The number of benzene rings is 1. The van der Waals surface area contributed by atoms with Crippen LogP contribution in [0.2, 0.25) is 0 Å². The maximum atomic E-state index is 12.0. The quantitative estimate of drug-likeness (QED) is 0.706. The van der Waals surface area contributed by atoms with E-state index in [1.54, 1.807) is 13.8 Å². The number of urea groups is 1. The fourth-order valence-electron chi connectivity index (χ4n) is 3.09. The Labute approximate surface area is 138 Å². The maximum Gasteiger partial charge on any atom is 0.338 e. The van der Waals surface area contributed by atoms with Gasteiger partial charge in [0.05, 0.1) is 6.61 Å². The van der Waals surface area contributed by atoms with Crippen LogP contribution in [0.4, 0.5) is 4.79 Å². The predicted molar refractivity (Wildman–Crippen MR) is 90.0 cm³/mol. The number of hydroxylamine groups is 1. The molecule has 0 heterocycles. The first-order chi connectivity index (χ1) is 11.0. The Balaban J connectivity index is 1.96. The lowest BCUT2D eigenvalue weighted by atomic mass is 9.69. The van der Waals surface area contributed by atoms with Gasteiger partial charge in [0.15, 0.2) is 0 Å². The fourth-order valence-corrected chi connectivity index (χ4v) is 3.09. The summed E-state index contributed by atoms with van der Waals surface area (Å²) in [6.07, 6.45) is 5.80. The van der Waals surface area contributed by atoms with E-state index in [4.69, 9.17) is 9.94 Å². The average molecular weight is 320 g/mol. The van der Waals surface area contributed by atoms with Crippen LogP contribution in [-0.4, -0.2) is 29.9 Å². The first-order valence-electron chi connectivity index (χ1n) is 8.36. The topological polar surface area (TPSA) is 70.6 Å². The summed E-state index contributed by atoms with van der Waals surface area (Å²) in [5.74, 6) is 0. The van der Waals surface area contributed by atoms with Crippen LogP contribution in [-0.2, 0) is 10.3 Å². The van der Waals surface area contributed by atoms with Gasteiger partial charge in [-0.05, 0) is 32.3 Å². The van der Waals surface area contributed by atoms with Gasteiger partial charge in [0.2, 0.25) is 0 Å². The van der Waals surface area contributed by atoms with E-state index >= 15 is 0 Å². The molecule has 2 rings (SSSR count). The SMILES string of the molecule is CC(C)(CO)ONC(=O)NCC1(c2ccccc2)CCCCC1. The predicted octanol–water partition coefficient (Wildman–Crippen LogP) is 2.89. The van der Waals surface area contributed by atoms with Gasteiger partial charge in [-0.2, -0.15) is 0 Å². The molecule has 5 nitrogen and oxygen atoms in total. The normalized spacial score (nSPS) is 17.5. The van der Waals surface area contributed by atoms with Crippen molar-refractivity contribution in [3.05, 3.63) is 35.9 Å². The molecule has 5 heteroatoms. The van der Waals surface area contributed by atoms with Gasteiger partial charge in [0.1, 0.15) is 5.60 Å². The molecule has 0 aliphatic heterocycles. The minimum absolute atomic E-state index is 0.00332. The van der Waals surface area contributed by atoms with E-state index in [2.05, 4.69) is 35.1 Å². The van der Waals surface area contributed by atoms with E-state index in [0.717, 1.165) is 12.8 Å². The molecule has 1 aromatic carbocycles. The van der Waals surface area contributed by atoms with Crippen molar-refractivity contribution in [2.75, 3.05) is 13.2 Å². The minimum atomic E-state index is -0.792. The van der Waals surface area contributed by atoms with Crippen molar-refractivity contribution < 1.29 is 14.7 Å². The van der Waals surface area contributed by atoms with Crippen LogP contribution in [0.5, 0.6) is 0 Å². The Morgan fingerprint density at radius 1 is 1.22 bits per heavy atom. The van der Waals surface area contributed by atoms with Gasteiger partial charge in [-0.25, -0.2) is 10.3 Å². The molecule has 0 saturated heterocycles. The molecule has 1 saturated carbocycles. The number of aliphatic hydroxyl groups is 1. The molecule has 0 radical (unpaired) electrons. The van der Waals surface area contributed by atoms with Gasteiger partial charge in [0, 0.05) is 12.0 Å². The highest BCUT2D eigenvalue weighted by Gasteiger charge is 2.34. The number of hydrogen-bond acceptors (Lipinski definition) is 3. The third kappa shape index (κ3) is 4.94. The van der Waals surface area contributed by atoms with Crippen LogP contribution in [0.25, 0.3) is 0 Å². The number of nitrogens with one attached hydrogen (secondary N) is 2. The second-order valence-electron chi connectivity index (χ2n) is 7.01. The van der Waals surface area contributed by atoms with E-state index in [1.807, 2.05) is 6.07 Å². The zero-order valence-corrected chi connectivity index (χ0v) is 14.1. The lowest BCUT2D eigenvalue weighted by Crippen LogP contribution is -2.48. The summed E-state index contributed by atoms with van der Waals surface area (Å²) in [5.41, 5.74) is 2.87. The molecule has 0 spiro atoms. The summed E-state index contributed by atoms with van der Waals surface area (Å²) in [4.78, 5) is 17.2. The molecule has 128 valence electrons. The lowest BCUT2D eigenvalue weighted by molar-refractivity contribution is -0.0925. The number of carbonyl (C=O) groups excluding carboxylic acids is 1. The smallest absolute Gasteiger partial charge is 0.338 e. The molecule has 0 atom stereocenters. The third-order valence-corrected chi connectivity index (χ3v) is 4.58. The largest absolute Gasteiger partial charge is 0.393 e. The lowest BCUT2D eigenvalue weighted by Gasteiger charge is -2.38. The van der Waals surface area contributed by atoms with Crippen molar-refractivity contribution in [2.45, 2.75) is 57.0 Å². The maximum absolute atomic E-state index is 12.0. The van der Waals surface area contributed by atoms with Crippen molar-refractivity contribution in [1.82, 2.24) is 10.8 Å². The number of aliphatic hydroxyl groups excluding tert-OH is 1. The molecule has 3 N–H and O–H groups in total. The fraction of sp³-hybridized carbons (Fsp3) is 0.611. The number of amides is 2. The molecular weight excluding hydrogens is 292 g/mol. The van der Waals surface area contributed by atoms with Gasteiger partial charge in [-0.15, -0.1) is 0 Å².